The minimum absolute atomic E-state index is 0.0340. The van der Waals surface area contributed by atoms with Crippen LogP contribution < -0.4 is 5.32 Å². The smallest absolute Gasteiger partial charge is 0.0623 e. The molecule has 0 saturated heterocycles. The maximum absolute atomic E-state index is 8.89. The first-order valence-corrected chi connectivity index (χ1v) is 4.97. The van der Waals surface area contributed by atoms with Crippen molar-refractivity contribution in [2.24, 2.45) is 0 Å². The van der Waals surface area contributed by atoms with Gasteiger partial charge in [0.05, 0.1) is 12.2 Å². The first-order chi connectivity index (χ1) is 6.05. The summed E-state index contributed by atoms with van der Waals surface area (Å²) >= 11 is 0. The van der Waals surface area contributed by atoms with E-state index in [2.05, 4.69) is 26.1 Å². The molecule has 0 aliphatic heterocycles. The van der Waals surface area contributed by atoms with Gasteiger partial charge in [-0.05, 0) is 33.7 Å². The van der Waals surface area contributed by atoms with Gasteiger partial charge in [-0.2, -0.15) is 0 Å². The van der Waals surface area contributed by atoms with Crippen LogP contribution in [-0.2, 0) is 4.74 Å². The van der Waals surface area contributed by atoms with Gasteiger partial charge in [0, 0.05) is 12.6 Å². The van der Waals surface area contributed by atoms with Crippen molar-refractivity contribution in [3.05, 3.63) is 0 Å². The Bertz CT molecular complexity index is 122. The lowest BCUT2D eigenvalue weighted by Crippen LogP contribution is -2.32. The number of ether oxygens (including phenoxy) is 1. The van der Waals surface area contributed by atoms with Crippen LogP contribution in [0.2, 0.25) is 0 Å². The second-order valence-electron chi connectivity index (χ2n) is 3.92. The Hall–Kier alpha value is -0.120. The van der Waals surface area contributed by atoms with Gasteiger partial charge in [0.25, 0.3) is 0 Å². The first-order valence-electron chi connectivity index (χ1n) is 4.97. The highest BCUT2D eigenvalue weighted by Crippen LogP contribution is 2.13. The molecule has 0 aliphatic carbocycles. The number of hydrogen-bond donors (Lipinski definition) is 2. The lowest BCUT2D eigenvalue weighted by atomic mass is 10.1. The molecule has 0 aromatic heterocycles. The average molecular weight is 189 g/mol. The summed E-state index contributed by atoms with van der Waals surface area (Å²) in [7, 11) is 1.85. The fraction of sp³-hybridized carbons (Fsp3) is 1.00. The van der Waals surface area contributed by atoms with E-state index in [0.29, 0.717) is 6.61 Å². The summed E-state index contributed by atoms with van der Waals surface area (Å²) in [5, 5.41) is 11.9. The highest BCUT2D eigenvalue weighted by molar-refractivity contribution is 4.67. The van der Waals surface area contributed by atoms with Crippen molar-refractivity contribution in [2.45, 2.75) is 45.3 Å². The van der Waals surface area contributed by atoms with Crippen molar-refractivity contribution in [3.8, 4) is 0 Å². The van der Waals surface area contributed by atoms with Gasteiger partial charge in [-0.3, -0.25) is 0 Å². The monoisotopic (exact) mass is 189 g/mol. The molecule has 1 atom stereocenters. The number of hydrogen-bond acceptors (Lipinski definition) is 3. The molecule has 80 valence electrons. The molecular formula is C10H23NO2. The molecule has 3 heteroatoms. The Balaban J connectivity index is 3.54. The van der Waals surface area contributed by atoms with Gasteiger partial charge in [-0.25, -0.2) is 0 Å². The van der Waals surface area contributed by atoms with Crippen LogP contribution in [-0.4, -0.2) is 37.0 Å². The van der Waals surface area contributed by atoms with Crippen LogP contribution in [0.15, 0.2) is 0 Å². The molecule has 1 unspecified atom stereocenters. The van der Waals surface area contributed by atoms with Crippen molar-refractivity contribution in [3.63, 3.8) is 0 Å². The zero-order chi connectivity index (χ0) is 10.3. The van der Waals surface area contributed by atoms with E-state index in [9.17, 15) is 0 Å². The van der Waals surface area contributed by atoms with E-state index in [4.69, 9.17) is 9.84 Å². The minimum Gasteiger partial charge on any atom is -0.395 e. The van der Waals surface area contributed by atoms with Gasteiger partial charge in [0.1, 0.15) is 0 Å². The second kappa shape index (κ2) is 6.35. The highest BCUT2D eigenvalue weighted by Gasteiger charge is 2.15. The molecule has 0 heterocycles. The van der Waals surface area contributed by atoms with Crippen molar-refractivity contribution < 1.29 is 9.84 Å². The Morgan fingerprint density at radius 2 is 2.08 bits per heavy atom. The van der Waals surface area contributed by atoms with Gasteiger partial charge >= 0.3 is 0 Å². The molecule has 0 aliphatic rings. The van der Waals surface area contributed by atoms with E-state index in [1.165, 1.54) is 0 Å². The molecule has 0 fully saturated rings. The Kier molecular flexibility index (Phi) is 6.29. The zero-order valence-corrected chi connectivity index (χ0v) is 9.26. The standard InChI is InChI=1S/C10H23NO2/c1-5-10(2,3)13-7-6-9(8-12)11-4/h9,11-12H,5-8H2,1-4H3. The number of aliphatic hydroxyl groups excluding tert-OH is 1. The summed E-state index contributed by atoms with van der Waals surface area (Å²) in [4.78, 5) is 0. The van der Waals surface area contributed by atoms with E-state index >= 15 is 0 Å². The topological polar surface area (TPSA) is 41.5 Å². The molecule has 0 amide bonds. The van der Waals surface area contributed by atoms with Crippen molar-refractivity contribution in [2.75, 3.05) is 20.3 Å². The van der Waals surface area contributed by atoms with Crippen LogP contribution in [0.5, 0.6) is 0 Å². The molecule has 13 heavy (non-hydrogen) atoms. The van der Waals surface area contributed by atoms with E-state index in [1.807, 2.05) is 7.05 Å². The molecule has 2 N–H and O–H groups in total. The molecule has 0 radical (unpaired) electrons. The second-order valence-corrected chi connectivity index (χ2v) is 3.92. The molecule has 0 rings (SSSR count). The van der Waals surface area contributed by atoms with Gasteiger partial charge in [-0.1, -0.05) is 6.92 Å². The fourth-order valence-electron chi connectivity index (χ4n) is 0.906. The molecular weight excluding hydrogens is 166 g/mol. The van der Waals surface area contributed by atoms with Gasteiger partial charge in [0.2, 0.25) is 0 Å². The summed E-state index contributed by atoms with van der Waals surface area (Å²) in [5.41, 5.74) is -0.0340. The van der Waals surface area contributed by atoms with Crippen molar-refractivity contribution in [1.29, 1.82) is 0 Å². The van der Waals surface area contributed by atoms with Gasteiger partial charge < -0.3 is 15.2 Å². The van der Waals surface area contributed by atoms with Crippen LogP contribution >= 0.6 is 0 Å². The number of likely N-dealkylation sites (N-methyl/N-ethyl adjacent to an activating group) is 1. The zero-order valence-electron chi connectivity index (χ0n) is 9.26. The predicted molar refractivity (Wildman–Crippen MR) is 54.9 cm³/mol. The van der Waals surface area contributed by atoms with Gasteiger partial charge in [0.15, 0.2) is 0 Å². The normalized spacial score (nSPS) is 14.5. The lowest BCUT2D eigenvalue weighted by Gasteiger charge is -2.24. The summed E-state index contributed by atoms with van der Waals surface area (Å²) < 4.78 is 5.66. The minimum atomic E-state index is -0.0340. The lowest BCUT2D eigenvalue weighted by molar-refractivity contribution is -0.0252. The van der Waals surface area contributed by atoms with Crippen LogP contribution in [0.4, 0.5) is 0 Å². The highest BCUT2D eigenvalue weighted by atomic mass is 16.5. The fourth-order valence-corrected chi connectivity index (χ4v) is 0.906. The van der Waals surface area contributed by atoms with Crippen LogP contribution in [0.1, 0.15) is 33.6 Å². The third kappa shape index (κ3) is 6.02. The van der Waals surface area contributed by atoms with E-state index in [-0.39, 0.29) is 18.2 Å². The third-order valence-electron chi connectivity index (χ3n) is 2.44. The molecule has 0 aromatic rings. The Morgan fingerprint density at radius 1 is 1.46 bits per heavy atom. The third-order valence-corrected chi connectivity index (χ3v) is 2.44. The van der Waals surface area contributed by atoms with E-state index in [1.54, 1.807) is 0 Å². The molecule has 0 spiro atoms. The summed E-state index contributed by atoms with van der Waals surface area (Å²) in [6.45, 7) is 7.15. The van der Waals surface area contributed by atoms with E-state index < -0.39 is 0 Å². The summed E-state index contributed by atoms with van der Waals surface area (Å²) in [6.07, 6.45) is 1.87. The molecule has 0 saturated carbocycles. The van der Waals surface area contributed by atoms with E-state index in [0.717, 1.165) is 12.8 Å². The molecule has 0 bridgehead atoms. The largest absolute Gasteiger partial charge is 0.395 e. The number of rotatable bonds is 7. The maximum atomic E-state index is 8.89. The van der Waals surface area contributed by atoms with Crippen LogP contribution in [0.3, 0.4) is 0 Å². The summed E-state index contributed by atoms with van der Waals surface area (Å²) in [5.74, 6) is 0. The quantitative estimate of drug-likeness (QED) is 0.631. The molecule has 0 aromatic carbocycles. The first kappa shape index (κ1) is 12.9. The van der Waals surface area contributed by atoms with Crippen molar-refractivity contribution >= 4 is 0 Å². The van der Waals surface area contributed by atoms with Crippen LogP contribution in [0, 0.1) is 0 Å². The number of aliphatic hydroxyl groups is 1. The predicted octanol–water partition coefficient (Wildman–Crippen LogP) is 1.16. The number of nitrogens with one attached hydrogen (secondary N) is 1. The van der Waals surface area contributed by atoms with Crippen molar-refractivity contribution in [1.82, 2.24) is 5.32 Å². The molecule has 3 nitrogen and oxygen atoms in total. The van der Waals surface area contributed by atoms with Gasteiger partial charge in [-0.15, -0.1) is 0 Å². The van der Waals surface area contributed by atoms with Crippen LogP contribution in [0.25, 0.3) is 0 Å². The maximum Gasteiger partial charge on any atom is 0.0623 e. The SMILES string of the molecule is CCC(C)(C)OCCC(CO)NC. The average Bonchev–Trinajstić information content (AvgIpc) is 2.12. The Morgan fingerprint density at radius 3 is 2.46 bits per heavy atom. The summed E-state index contributed by atoms with van der Waals surface area (Å²) in [6, 6.07) is 0.160. The Labute approximate surface area is 81.5 Å².